The second-order valence-corrected chi connectivity index (χ2v) is 4.74. The highest BCUT2D eigenvalue weighted by atomic mass is 16.5. The molecule has 1 heterocycles. The van der Waals surface area contributed by atoms with Crippen molar-refractivity contribution >= 4 is 11.9 Å². The average Bonchev–Trinajstić information content (AvgIpc) is 2.25. The molecule has 1 amide bonds. The highest BCUT2D eigenvalue weighted by Crippen LogP contribution is 2.16. The van der Waals surface area contributed by atoms with Crippen LogP contribution in [0.1, 0.15) is 19.8 Å². The van der Waals surface area contributed by atoms with Crippen LogP contribution in [0.4, 0.5) is 0 Å². The second kappa shape index (κ2) is 7.33. The predicted octanol–water partition coefficient (Wildman–Crippen LogP) is -0.162. The summed E-state index contributed by atoms with van der Waals surface area (Å²) in [5.74, 6) is -0.987. The molecule has 6 nitrogen and oxygen atoms in total. The number of nitrogens with one attached hydrogen (secondary N) is 2. The highest BCUT2D eigenvalue weighted by Gasteiger charge is 2.30. The lowest BCUT2D eigenvalue weighted by molar-refractivity contribution is -0.143. The van der Waals surface area contributed by atoms with Gasteiger partial charge in [0.15, 0.2) is 0 Å². The van der Waals surface area contributed by atoms with Crippen molar-refractivity contribution in [3.8, 4) is 0 Å². The van der Waals surface area contributed by atoms with E-state index in [1.807, 2.05) is 6.92 Å². The number of carbonyl (C=O) groups excluding carboxylic acids is 1. The minimum Gasteiger partial charge on any atom is -0.480 e. The van der Waals surface area contributed by atoms with Crippen molar-refractivity contribution in [1.29, 1.82) is 0 Å². The van der Waals surface area contributed by atoms with Gasteiger partial charge in [-0.3, -0.25) is 4.79 Å². The lowest BCUT2D eigenvalue weighted by atomic mass is 9.88. The Morgan fingerprint density at radius 2 is 2.17 bits per heavy atom. The van der Waals surface area contributed by atoms with E-state index in [0.29, 0.717) is 25.4 Å². The zero-order valence-corrected chi connectivity index (χ0v) is 10.9. The van der Waals surface area contributed by atoms with Crippen LogP contribution in [0.25, 0.3) is 0 Å². The summed E-state index contributed by atoms with van der Waals surface area (Å²) in [6.45, 7) is 4.00. The van der Waals surface area contributed by atoms with Crippen molar-refractivity contribution in [2.24, 2.45) is 11.8 Å². The van der Waals surface area contributed by atoms with E-state index < -0.39 is 12.0 Å². The summed E-state index contributed by atoms with van der Waals surface area (Å²) in [7, 11) is 1.57. The maximum Gasteiger partial charge on any atom is 0.326 e. The van der Waals surface area contributed by atoms with Crippen LogP contribution < -0.4 is 10.6 Å². The molecule has 3 N–H and O–H groups in total. The Morgan fingerprint density at radius 1 is 1.50 bits per heavy atom. The first-order valence-electron chi connectivity index (χ1n) is 6.29. The summed E-state index contributed by atoms with van der Waals surface area (Å²) < 4.78 is 4.88. The van der Waals surface area contributed by atoms with Gasteiger partial charge < -0.3 is 20.5 Å². The van der Waals surface area contributed by atoms with Crippen molar-refractivity contribution < 1.29 is 19.4 Å². The fourth-order valence-electron chi connectivity index (χ4n) is 1.87. The number of carboxylic acids is 1. The highest BCUT2D eigenvalue weighted by molar-refractivity contribution is 5.85. The Labute approximate surface area is 107 Å². The Hall–Kier alpha value is -1.14. The number of ether oxygens (including phenoxy) is 1. The zero-order valence-electron chi connectivity index (χ0n) is 10.9. The fraction of sp³-hybridized carbons (Fsp3) is 0.833. The van der Waals surface area contributed by atoms with Crippen LogP contribution in [0, 0.1) is 11.8 Å². The van der Waals surface area contributed by atoms with Gasteiger partial charge in [0.25, 0.3) is 0 Å². The third kappa shape index (κ3) is 4.27. The Balaban J connectivity index is 2.38. The summed E-state index contributed by atoms with van der Waals surface area (Å²) in [6, 6.07) is -0.817. The molecule has 0 bridgehead atoms. The minimum atomic E-state index is -0.988. The summed E-state index contributed by atoms with van der Waals surface area (Å²) in [5, 5.41) is 14.7. The monoisotopic (exact) mass is 258 g/mol. The molecule has 0 aromatic carbocycles. The molecule has 1 aliphatic rings. The Bertz CT molecular complexity index is 292. The SMILES string of the molecule is COCCCC(NC(=O)C(C)C1CNC1)C(=O)O. The smallest absolute Gasteiger partial charge is 0.326 e. The van der Waals surface area contributed by atoms with Gasteiger partial charge in [0, 0.05) is 19.6 Å². The second-order valence-electron chi connectivity index (χ2n) is 4.74. The lowest BCUT2D eigenvalue weighted by Crippen LogP contribution is -2.52. The number of hydrogen-bond acceptors (Lipinski definition) is 4. The van der Waals surface area contributed by atoms with E-state index in [4.69, 9.17) is 9.84 Å². The molecule has 1 rings (SSSR count). The van der Waals surface area contributed by atoms with Crippen LogP contribution in [0.3, 0.4) is 0 Å². The van der Waals surface area contributed by atoms with Gasteiger partial charge in [0.2, 0.25) is 5.91 Å². The first kappa shape index (κ1) is 14.9. The molecule has 1 aliphatic heterocycles. The number of aliphatic carboxylic acids is 1. The van der Waals surface area contributed by atoms with Gasteiger partial charge in [-0.2, -0.15) is 0 Å². The van der Waals surface area contributed by atoms with Gasteiger partial charge >= 0.3 is 5.97 Å². The lowest BCUT2D eigenvalue weighted by Gasteiger charge is -2.32. The molecule has 6 heteroatoms. The average molecular weight is 258 g/mol. The first-order valence-corrected chi connectivity index (χ1v) is 6.29. The van der Waals surface area contributed by atoms with E-state index in [-0.39, 0.29) is 11.8 Å². The van der Waals surface area contributed by atoms with E-state index in [1.165, 1.54) is 0 Å². The standard InChI is InChI=1S/C12H22N2O4/c1-8(9-6-13-7-9)11(15)14-10(12(16)17)4-3-5-18-2/h8-10,13H,3-7H2,1-2H3,(H,14,15)(H,16,17). The van der Waals surface area contributed by atoms with Crippen molar-refractivity contribution in [2.75, 3.05) is 26.8 Å². The van der Waals surface area contributed by atoms with Gasteiger partial charge in [-0.05, 0) is 31.8 Å². The fourth-order valence-corrected chi connectivity index (χ4v) is 1.87. The molecule has 0 radical (unpaired) electrons. The van der Waals surface area contributed by atoms with Gasteiger partial charge in [0.05, 0.1) is 0 Å². The van der Waals surface area contributed by atoms with Crippen LogP contribution in [0.2, 0.25) is 0 Å². The number of rotatable bonds is 8. The van der Waals surface area contributed by atoms with E-state index in [9.17, 15) is 9.59 Å². The van der Waals surface area contributed by atoms with Crippen LogP contribution in [0.15, 0.2) is 0 Å². The molecule has 0 aliphatic carbocycles. The van der Waals surface area contributed by atoms with Gasteiger partial charge in [0.1, 0.15) is 6.04 Å². The van der Waals surface area contributed by atoms with E-state index in [1.54, 1.807) is 7.11 Å². The van der Waals surface area contributed by atoms with Gasteiger partial charge in [-0.25, -0.2) is 4.79 Å². The van der Waals surface area contributed by atoms with Crippen LogP contribution in [-0.2, 0) is 14.3 Å². The number of methoxy groups -OCH3 is 1. The predicted molar refractivity (Wildman–Crippen MR) is 66.2 cm³/mol. The van der Waals surface area contributed by atoms with Crippen molar-refractivity contribution in [3.05, 3.63) is 0 Å². The van der Waals surface area contributed by atoms with Gasteiger partial charge in [-0.15, -0.1) is 0 Å². The minimum absolute atomic E-state index is 0.143. The molecule has 0 spiro atoms. The number of carboxylic acid groups (broad SMARTS) is 1. The summed E-state index contributed by atoms with van der Waals surface area (Å²) in [5.41, 5.74) is 0. The topological polar surface area (TPSA) is 87.7 Å². The molecular weight excluding hydrogens is 236 g/mol. The molecule has 104 valence electrons. The molecule has 0 aromatic rings. The number of hydrogen-bond donors (Lipinski definition) is 3. The van der Waals surface area contributed by atoms with Crippen LogP contribution in [0.5, 0.6) is 0 Å². The van der Waals surface area contributed by atoms with E-state index in [0.717, 1.165) is 13.1 Å². The molecule has 0 aromatic heterocycles. The van der Waals surface area contributed by atoms with E-state index in [2.05, 4.69) is 10.6 Å². The maximum absolute atomic E-state index is 11.9. The van der Waals surface area contributed by atoms with Crippen LogP contribution >= 0.6 is 0 Å². The third-order valence-electron chi connectivity index (χ3n) is 3.39. The first-order chi connectivity index (χ1) is 8.56. The third-order valence-corrected chi connectivity index (χ3v) is 3.39. The number of carbonyl (C=O) groups is 2. The molecule has 18 heavy (non-hydrogen) atoms. The largest absolute Gasteiger partial charge is 0.480 e. The normalized spacial score (nSPS) is 18.8. The van der Waals surface area contributed by atoms with Gasteiger partial charge in [-0.1, -0.05) is 6.92 Å². The summed E-state index contributed by atoms with van der Waals surface area (Å²) >= 11 is 0. The Kier molecular flexibility index (Phi) is 6.07. The molecule has 1 saturated heterocycles. The molecule has 2 atom stereocenters. The van der Waals surface area contributed by atoms with Crippen molar-refractivity contribution in [2.45, 2.75) is 25.8 Å². The summed E-state index contributed by atoms with van der Waals surface area (Å²) in [6.07, 6.45) is 1.01. The van der Waals surface area contributed by atoms with Crippen molar-refractivity contribution in [1.82, 2.24) is 10.6 Å². The maximum atomic E-state index is 11.9. The summed E-state index contributed by atoms with van der Waals surface area (Å²) in [4.78, 5) is 22.9. The molecular formula is C12H22N2O4. The van der Waals surface area contributed by atoms with Crippen molar-refractivity contribution in [3.63, 3.8) is 0 Å². The molecule has 2 unspecified atom stereocenters. The van der Waals surface area contributed by atoms with E-state index >= 15 is 0 Å². The van der Waals surface area contributed by atoms with Crippen LogP contribution in [-0.4, -0.2) is 49.8 Å². The quantitative estimate of drug-likeness (QED) is 0.526. The number of amides is 1. The zero-order chi connectivity index (χ0) is 13.5. The molecule has 0 saturated carbocycles. The Morgan fingerprint density at radius 3 is 2.61 bits per heavy atom. The molecule has 1 fully saturated rings.